The largest absolute Gasteiger partial charge is 0.340 e. The Balaban J connectivity index is 1.50. The summed E-state index contributed by atoms with van der Waals surface area (Å²) in [5, 5.41) is 2.85. The third kappa shape index (κ3) is 4.90. The molecule has 0 unspecified atom stereocenters. The van der Waals surface area contributed by atoms with Crippen molar-refractivity contribution in [3.05, 3.63) is 52.0 Å². The highest BCUT2D eigenvalue weighted by Gasteiger charge is 2.28. The number of nitrogens with zero attached hydrogens (tertiary/aromatic N) is 3. The lowest BCUT2D eigenvalue weighted by atomic mass is 10.2. The van der Waals surface area contributed by atoms with Crippen LogP contribution in [0, 0.1) is 6.92 Å². The number of thiazole rings is 1. The monoisotopic (exact) mass is 393 g/mol. The second-order valence-corrected chi connectivity index (χ2v) is 9.52. The average Bonchev–Trinajstić information content (AvgIpc) is 3.06. The van der Waals surface area contributed by atoms with Crippen LogP contribution in [0.3, 0.4) is 0 Å². The highest BCUT2D eigenvalue weighted by atomic mass is 32.2. The van der Waals surface area contributed by atoms with Crippen molar-refractivity contribution in [3.63, 3.8) is 0 Å². The molecule has 0 saturated carbocycles. The second kappa shape index (κ2) is 8.28. The summed E-state index contributed by atoms with van der Waals surface area (Å²) in [6.45, 7) is 3.51. The van der Waals surface area contributed by atoms with E-state index >= 15 is 0 Å². The molecule has 1 fully saturated rings. The number of carbonyl (C=O) groups excluding carboxylic acids is 1. The Morgan fingerprint density at radius 2 is 1.85 bits per heavy atom. The lowest BCUT2D eigenvalue weighted by molar-refractivity contribution is -0.131. The molecule has 0 N–H and O–H groups in total. The molecule has 1 saturated heterocycles. The fraction of sp³-hybridized carbons (Fsp3) is 0.444. The van der Waals surface area contributed by atoms with Crippen LogP contribution in [-0.4, -0.2) is 60.4 Å². The third-order valence-corrected chi connectivity index (χ3v) is 7.17. The first-order chi connectivity index (χ1) is 12.4. The van der Waals surface area contributed by atoms with Gasteiger partial charge in [-0.1, -0.05) is 30.3 Å². The molecular weight excluding hydrogens is 370 g/mol. The first-order valence-electron chi connectivity index (χ1n) is 8.64. The van der Waals surface area contributed by atoms with Gasteiger partial charge >= 0.3 is 0 Å². The van der Waals surface area contributed by atoms with Crippen molar-refractivity contribution in [2.24, 2.45) is 0 Å². The summed E-state index contributed by atoms with van der Waals surface area (Å²) in [6.07, 6.45) is 0.788. The van der Waals surface area contributed by atoms with Gasteiger partial charge in [-0.15, -0.1) is 11.3 Å². The number of hydrogen-bond donors (Lipinski definition) is 0. The summed E-state index contributed by atoms with van der Waals surface area (Å²) in [5.74, 6) is 0.111. The van der Waals surface area contributed by atoms with E-state index < -0.39 is 10.0 Å². The quantitative estimate of drug-likeness (QED) is 0.749. The molecule has 1 aromatic heterocycles. The molecule has 8 heteroatoms. The van der Waals surface area contributed by atoms with Crippen molar-refractivity contribution >= 4 is 27.3 Å². The molecule has 0 spiro atoms. The van der Waals surface area contributed by atoms with Gasteiger partial charge < -0.3 is 4.90 Å². The molecule has 3 rings (SSSR count). The minimum atomic E-state index is -3.30. The number of benzene rings is 1. The number of piperazine rings is 1. The molecular formula is C18H23N3O3S2. The molecule has 0 aliphatic carbocycles. The number of amides is 1. The van der Waals surface area contributed by atoms with Gasteiger partial charge in [0.2, 0.25) is 15.9 Å². The van der Waals surface area contributed by atoms with E-state index in [-0.39, 0.29) is 18.1 Å². The van der Waals surface area contributed by atoms with Gasteiger partial charge in [0.25, 0.3) is 0 Å². The van der Waals surface area contributed by atoms with Crippen LogP contribution in [-0.2, 0) is 27.7 Å². The van der Waals surface area contributed by atoms with Gasteiger partial charge in [-0.2, -0.15) is 4.31 Å². The molecule has 2 aromatic rings. The molecule has 1 aromatic carbocycles. The molecule has 0 bridgehead atoms. The predicted molar refractivity (Wildman–Crippen MR) is 103 cm³/mol. The molecule has 1 amide bonds. The summed E-state index contributed by atoms with van der Waals surface area (Å²) in [6, 6.07) is 9.62. The van der Waals surface area contributed by atoms with Crippen molar-refractivity contribution < 1.29 is 13.2 Å². The number of aromatic nitrogens is 1. The van der Waals surface area contributed by atoms with Crippen LogP contribution < -0.4 is 0 Å². The smallest absolute Gasteiger partial charge is 0.228 e. The fourth-order valence-corrected chi connectivity index (χ4v) is 5.08. The van der Waals surface area contributed by atoms with Crippen molar-refractivity contribution in [1.82, 2.24) is 14.2 Å². The number of aryl methyl sites for hydroxylation is 2. The first kappa shape index (κ1) is 19.0. The zero-order valence-electron chi connectivity index (χ0n) is 14.8. The maximum atomic E-state index is 12.5. The van der Waals surface area contributed by atoms with Gasteiger partial charge in [-0.3, -0.25) is 4.79 Å². The minimum absolute atomic E-state index is 0.0108. The van der Waals surface area contributed by atoms with E-state index in [1.165, 1.54) is 15.6 Å². The van der Waals surface area contributed by atoms with Crippen molar-refractivity contribution in [1.29, 1.82) is 0 Å². The number of sulfonamides is 1. The summed E-state index contributed by atoms with van der Waals surface area (Å²) in [7, 11) is -3.30. The normalized spacial score (nSPS) is 16.0. The molecule has 1 aliphatic heterocycles. The van der Waals surface area contributed by atoms with Crippen LogP contribution in [0.5, 0.6) is 0 Å². The molecule has 0 radical (unpaired) electrons. The lowest BCUT2D eigenvalue weighted by Gasteiger charge is -2.34. The van der Waals surface area contributed by atoms with Crippen LogP contribution in [0.1, 0.15) is 16.3 Å². The van der Waals surface area contributed by atoms with Gasteiger partial charge in [-0.05, 0) is 18.9 Å². The second-order valence-electron chi connectivity index (χ2n) is 6.37. The van der Waals surface area contributed by atoms with Crippen molar-refractivity contribution in [3.8, 4) is 0 Å². The highest BCUT2D eigenvalue weighted by Crippen LogP contribution is 2.13. The number of hydrogen-bond acceptors (Lipinski definition) is 5. The molecule has 2 heterocycles. The SMILES string of the molecule is Cc1nc(CC(=O)N2CCN(S(=O)(=O)CCc3ccccc3)CC2)cs1. The Bertz CT molecular complexity index is 842. The Labute approximate surface area is 158 Å². The number of carbonyl (C=O) groups is 1. The molecule has 26 heavy (non-hydrogen) atoms. The zero-order valence-corrected chi connectivity index (χ0v) is 16.4. The Morgan fingerprint density at radius 3 is 2.46 bits per heavy atom. The van der Waals surface area contributed by atoms with Gasteiger partial charge in [0.1, 0.15) is 0 Å². The van der Waals surface area contributed by atoms with E-state index in [1.54, 1.807) is 4.90 Å². The Morgan fingerprint density at radius 1 is 1.15 bits per heavy atom. The predicted octanol–water partition coefficient (Wildman–Crippen LogP) is 1.71. The van der Waals surface area contributed by atoms with E-state index in [0.717, 1.165) is 16.3 Å². The van der Waals surface area contributed by atoms with E-state index in [1.807, 2.05) is 42.6 Å². The zero-order chi connectivity index (χ0) is 18.6. The molecule has 140 valence electrons. The minimum Gasteiger partial charge on any atom is -0.340 e. The van der Waals surface area contributed by atoms with Gasteiger partial charge in [0, 0.05) is 31.6 Å². The van der Waals surface area contributed by atoms with Gasteiger partial charge in [0.15, 0.2) is 0 Å². The van der Waals surface area contributed by atoms with E-state index in [4.69, 9.17) is 0 Å². The van der Waals surface area contributed by atoms with Crippen LogP contribution >= 0.6 is 11.3 Å². The Hall–Kier alpha value is -1.77. The van der Waals surface area contributed by atoms with E-state index in [0.29, 0.717) is 32.6 Å². The summed E-state index contributed by atoms with van der Waals surface area (Å²) in [5.41, 5.74) is 1.80. The van der Waals surface area contributed by atoms with Crippen LogP contribution in [0.2, 0.25) is 0 Å². The lowest BCUT2D eigenvalue weighted by Crippen LogP contribution is -2.51. The molecule has 1 aliphatic rings. The standard InChI is InChI=1S/C18H23N3O3S2/c1-15-19-17(14-25-15)13-18(22)20-8-10-21(11-9-20)26(23,24)12-7-16-5-3-2-4-6-16/h2-6,14H,7-13H2,1H3. The first-order valence-corrected chi connectivity index (χ1v) is 11.1. The Kier molecular flexibility index (Phi) is 6.05. The number of rotatable bonds is 6. The van der Waals surface area contributed by atoms with Crippen LogP contribution in [0.15, 0.2) is 35.7 Å². The summed E-state index contributed by atoms with van der Waals surface area (Å²) >= 11 is 1.53. The molecule has 0 atom stereocenters. The van der Waals surface area contributed by atoms with E-state index in [9.17, 15) is 13.2 Å². The maximum absolute atomic E-state index is 12.5. The van der Waals surface area contributed by atoms with Gasteiger partial charge in [0.05, 0.1) is 22.9 Å². The molecule has 6 nitrogen and oxygen atoms in total. The fourth-order valence-electron chi connectivity index (χ4n) is 2.99. The van der Waals surface area contributed by atoms with Crippen LogP contribution in [0.4, 0.5) is 0 Å². The van der Waals surface area contributed by atoms with E-state index in [2.05, 4.69) is 4.98 Å². The summed E-state index contributed by atoms with van der Waals surface area (Å²) < 4.78 is 26.6. The van der Waals surface area contributed by atoms with Crippen molar-refractivity contribution in [2.75, 3.05) is 31.9 Å². The topological polar surface area (TPSA) is 70.6 Å². The maximum Gasteiger partial charge on any atom is 0.228 e. The third-order valence-electron chi connectivity index (χ3n) is 4.48. The average molecular weight is 394 g/mol. The van der Waals surface area contributed by atoms with Crippen molar-refractivity contribution in [2.45, 2.75) is 19.8 Å². The highest BCUT2D eigenvalue weighted by molar-refractivity contribution is 7.89. The van der Waals surface area contributed by atoms with Gasteiger partial charge in [-0.25, -0.2) is 13.4 Å². The van der Waals surface area contributed by atoms with Crippen LogP contribution in [0.25, 0.3) is 0 Å². The summed E-state index contributed by atoms with van der Waals surface area (Å²) in [4.78, 5) is 18.4.